The topological polar surface area (TPSA) is 36.9 Å². The smallest absolute Gasteiger partial charge is 0.0580 e. The molecule has 3 saturated carbocycles. The van der Waals surface area contributed by atoms with Crippen LogP contribution in [0.1, 0.15) is 96.8 Å². The summed E-state index contributed by atoms with van der Waals surface area (Å²) in [6.07, 6.45) is 19.7. The summed E-state index contributed by atoms with van der Waals surface area (Å²) in [7, 11) is 0. The lowest BCUT2D eigenvalue weighted by atomic mass is 9.84. The molecule has 0 atom stereocenters. The zero-order valence-corrected chi connectivity index (χ0v) is 18.0. The molecule has 0 aromatic rings. The molecule has 1 aliphatic heterocycles. The van der Waals surface area contributed by atoms with Gasteiger partial charge in [-0.1, -0.05) is 26.2 Å². The molecule has 4 heteroatoms. The van der Waals surface area contributed by atoms with Crippen LogP contribution in [0.5, 0.6) is 0 Å². The Morgan fingerprint density at radius 1 is 0.643 bits per heavy atom. The number of ether oxygens (including phenoxy) is 4. The molecule has 4 nitrogen and oxygen atoms in total. The number of hydrogen-bond acceptors (Lipinski definition) is 4. The molecule has 0 N–H and O–H groups in total. The Balaban J connectivity index is 1.08. The van der Waals surface area contributed by atoms with Gasteiger partial charge in [-0.25, -0.2) is 0 Å². The van der Waals surface area contributed by atoms with E-state index >= 15 is 0 Å². The molecule has 28 heavy (non-hydrogen) atoms. The molecule has 1 heterocycles. The van der Waals surface area contributed by atoms with Gasteiger partial charge in [-0.3, -0.25) is 0 Å². The molecule has 0 radical (unpaired) electrons. The molecule has 0 aromatic carbocycles. The highest BCUT2D eigenvalue weighted by Crippen LogP contribution is 2.34. The first kappa shape index (κ1) is 21.1. The molecule has 0 aromatic heterocycles. The summed E-state index contributed by atoms with van der Waals surface area (Å²) in [5, 5.41) is 0. The maximum Gasteiger partial charge on any atom is 0.0580 e. The molecule has 162 valence electrons. The van der Waals surface area contributed by atoms with Gasteiger partial charge in [-0.05, 0) is 70.6 Å². The average molecular weight is 395 g/mol. The fourth-order valence-electron chi connectivity index (χ4n) is 5.46. The summed E-state index contributed by atoms with van der Waals surface area (Å²) in [6.45, 7) is 4.90. The van der Waals surface area contributed by atoms with Crippen molar-refractivity contribution in [3.8, 4) is 0 Å². The third kappa shape index (κ3) is 5.71. The molecule has 0 bridgehead atoms. The maximum absolute atomic E-state index is 6.49. The van der Waals surface area contributed by atoms with Crippen molar-refractivity contribution < 1.29 is 18.9 Å². The Morgan fingerprint density at radius 2 is 1.11 bits per heavy atom. The molecule has 4 fully saturated rings. The summed E-state index contributed by atoms with van der Waals surface area (Å²) in [6, 6.07) is 0. The van der Waals surface area contributed by atoms with Crippen LogP contribution in [-0.4, -0.2) is 50.3 Å². The number of rotatable bonds is 8. The van der Waals surface area contributed by atoms with E-state index in [0.717, 1.165) is 32.7 Å². The van der Waals surface area contributed by atoms with Crippen molar-refractivity contribution in [2.45, 2.75) is 127 Å². The highest BCUT2D eigenvalue weighted by molar-refractivity contribution is 4.85. The Bertz CT molecular complexity index is 436. The first-order chi connectivity index (χ1) is 13.7. The normalized spacial score (nSPS) is 36.8. The van der Waals surface area contributed by atoms with E-state index in [1.807, 2.05) is 0 Å². The van der Waals surface area contributed by atoms with Gasteiger partial charge in [-0.2, -0.15) is 0 Å². The third-order valence-electron chi connectivity index (χ3n) is 7.76. The van der Waals surface area contributed by atoms with Gasteiger partial charge in [-0.15, -0.1) is 0 Å². The van der Waals surface area contributed by atoms with Gasteiger partial charge >= 0.3 is 0 Å². The summed E-state index contributed by atoms with van der Waals surface area (Å²) >= 11 is 0. The zero-order chi connectivity index (χ0) is 19.2. The maximum atomic E-state index is 6.49. The van der Waals surface area contributed by atoms with Crippen molar-refractivity contribution >= 4 is 0 Å². The quantitative estimate of drug-likeness (QED) is 0.551. The minimum Gasteiger partial charge on any atom is -0.380 e. The van der Waals surface area contributed by atoms with Crippen molar-refractivity contribution in [2.24, 2.45) is 5.41 Å². The van der Waals surface area contributed by atoms with E-state index in [2.05, 4.69) is 6.92 Å². The second-order valence-electron chi connectivity index (χ2n) is 9.99. The summed E-state index contributed by atoms with van der Waals surface area (Å²) in [4.78, 5) is 0. The van der Waals surface area contributed by atoms with Crippen molar-refractivity contribution in [1.29, 1.82) is 0 Å². The average Bonchev–Trinajstić information content (AvgIpc) is 2.71. The van der Waals surface area contributed by atoms with E-state index in [-0.39, 0.29) is 0 Å². The van der Waals surface area contributed by atoms with E-state index < -0.39 is 0 Å². The molecule has 4 aliphatic rings. The summed E-state index contributed by atoms with van der Waals surface area (Å²) in [5.41, 5.74) is 0.311. The van der Waals surface area contributed by atoms with Crippen LogP contribution in [-0.2, 0) is 18.9 Å². The van der Waals surface area contributed by atoms with Gasteiger partial charge in [0.25, 0.3) is 0 Å². The van der Waals surface area contributed by atoms with Gasteiger partial charge in [0.15, 0.2) is 0 Å². The highest BCUT2D eigenvalue weighted by atomic mass is 16.5. The van der Waals surface area contributed by atoms with E-state index in [4.69, 9.17) is 18.9 Å². The van der Waals surface area contributed by atoms with Crippen LogP contribution in [0.3, 0.4) is 0 Å². The monoisotopic (exact) mass is 394 g/mol. The standard InChI is InChI=1S/C24H42O4/c1-2-24(16-25-17-24)18-26-19-8-10-21(11-9-19)28-23-14-12-22(13-15-23)27-20-6-4-3-5-7-20/h19-23H,2-18H2,1H3. The predicted molar refractivity (Wildman–Crippen MR) is 111 cm³/mol. The molecule has 3 aliphatic carbocycles. The van der Waals surface area contributed by atoms with Crippen LogP contribution in [0.4, 0.5) is 0 Å². The molecule has 1 saturated heterocycles. The van der Waals surface area contributed by atoms with Crippen LogP contribution in [0.15, 0.2) is 0 Å². The Hall–Kier alpha value is -0.160. The van der Waals surface area contributed by atoms with Crippen LogP contribution in [0, 0.1) is 5.41 Å². The molecule has 0 unspecified atom stereocenters. The Morgan fingerprint density at radius 3 is 1.54 bits per heavy atom. The van der Waals surface area contributed by atoms with Gasteiger partial charge < -0.3 is 18.9 Å². The third-order valence-corrected chi connectivity index (χ3v) is 7.76. The summed E-state index contributed by atoms with van der Waals surface area (Å²) < 4.78 is 24.5. The van der Waals surface area contributed by atoms with E-state index in [1.165, 1.54) is 77.0 Å². The van der Waals surface area contributed by atoms with Gasteiger partial charge in [0, 0.05) is 5.41 Å². The van der Waals surface area contributed by atoms with Gasteiger partial charge in [0.1, 0.15) is 0 Å². The van der Waals surface area contributed by atoms with Gasteiger partial charge in [0.05, 0.1) is 50.3 Å². The lowest BCUT2D eigenvalue weighted by molar-refractivity contribution is -0.167. The SMILES string of the molecule is CCC1(COC2CCC(OC3CCC(OC4CCCCC4)CC3)CC2)COC1. The minimum atomic E-state index is 0.311. The fourth-order valence-corrected chi connectivity index (χ4v) is 5.46. The van der Waals surface area contributed by atoms with Crippen LogP contribution < -0.4 is 0 Å². The summed E-state index contributed by atoms with van der Waals surface area (Å²) in [5.74, 6) is 0. The van der Waals surface area contributed by atoms with Crippen molar-refractivity contribution in [3.05, 3.63) is 0 Å². The lowest BCUT2D eigenvalue weighted by Gasteiger charge is -2.42. The molecular formula is C24H42O4. The second-order valence-corrected chi connectivity index (χ2v) is 9.99. The van der Waals surface area contributed by atoms with E-state index in [0.29, 0.717) is 35.9 Å². The lowest BCUT2D eigenvalue weighted by Crippen LogP contribution is -2.46. The predicted octanol–water partition coefficient (Wildman–Crippen LogP) is 5.42. The van der Waals surface area contributed by atoms with Crippen molar-refractivity contribution in [3.63, 3.8) is 0 Å². The van der Waals surface area contributed by atoms with Crippen LogP contribution >= 0.6 is 0 Å². The minimum absolute atomic E-state index is 0.311. The van der Waals surface area contributed by atoms with Crippen molar-refractivity contribution in [2.75, 3.05) is 19.8 Å². The molecule has 4 rings (SSSR count). The second kappa shape index (κ2) is 10.2. The van der Waals surface area contributed by atoms with Crippen molar-refractivity contribution in [1.82, 2.24) is 0 Å². The molecule has 0 spiro atoms. The molecule has 0 amide bonds. The highest BCUT2D eigenvalue weighted by Gasteiger charge is 2.38. The fraction of sp³-hybridized carbons (Fsp3) is 1.00. The molecular weight excluding hydrogens is 352 g/mol. The first-order valence-electron chi connectivity index (χ1n) is 12.2. The Labute approximate surface area is 172 Å². The van der Waals surface area contributed by atoms with E-state index in [1.54, 1.807) is 0 Å². The van der Waals surface area contributed by atoms with Crippen LogP contribution in [0.25, 0.3) is 0 Å². The first-order valence-corrected chi connectivity index (χ1v) is 12.2. The number of hydrogen-bond donors (Lipinski definition) is 0. The Kier molecular flexibility index (Phi) is 7.71. The van der Waals surface area contributed by atoms with Gasteiger partial charge in [0.2, 0.25) is 0 Å². The van der Waals surface area contributed by atoms with Crippen LogP contribution in [0.2, 0.25) is 0 Å². The van der Waals surface area contributed by atoms with E-state index in [9.17, 15) is 0 Å². The zero-order valence-electron chi connectivity index (χ0n) is 18.0. The largest absolute Gasteiger partial charge is 0.380 e.